The van der Waals surface area contributed by atoms with E-state index in [-0.39, 0.29) is 5.56 Å². The number of rotatable bonds is 3. The van der Waals surface area contributed by atoms with Crippen LogP contribution in [0.3, 0.4) is 0 Å². The highest BCUT2D eigenvalue weighted by Gasteiger charge is 2.17. The number of aromatic nitrogens is 5. The van der Waals surface area contributed by atoms with Gasteiger partial charge in [-0.25, -0.2) is 0 Å². The van der Waals surface area contributed by atoms with Crippen LogP contribution < -0.4 is 5.56 Å². The predicted molar refractivity (Wildman–Crippen MR) is 88.2 cm³/mol. The van der Waals surface area contributed by atoms with Gasteiger partial charge in [-0.05, 0) is 18.9 Å². The van der Waals surface area contributed by atoms with Gasteiger partial charge in [-0.15, -0.1) is 0 Å². The highest BCUT2D eigenvalue weighted by Crippen LogP contribution is 2.30. The Kier molecular flexibility index (Phi) is 3.38. The van der Waals surface area contributed by atoms with Crippen molar-refractivity contribution in [1.82, 2.24) is 25.1 Å². The highest BCUT2D eigenvalue weighted by atomic mass is 35.5. The summed E-state index contributed by atoms with van der Waals surface area (Å²) in [6, 6.07) is 2.05. The molecule has 1 aliphatic carbocycles. The van der Waals surface area contributed by atoms with E-state index < -0.39 is 0 Å². The number of halogens is 1. The van der Waals surface area contributed by atoms with Crippen LogP contribution in [0, 0.1) is 0 Å². The van der Waals surface area contributed by atoms with Gasteiger partial charge in [0, 0.05) is 47.0 Å². The molecule has 0 atom stereocenters. The number of allylic oxidation sites excluding steroid dienone is 1. The summed E-state index contributed by atoms with van der Waals surface area (Å²) in [7, 11) is 0. The second-order valence-electron chi connectivity index (χ2n) is 5.46. The molecule has 0 fully saturated rings. The second-order valence-corrected chi connectivity index (χ2v) is 5.87. The number of hydrogen-bond acceptors (Lipinski definition) is 3. The number of nitrogens with zero attached hydrogens (tertiary/aromatic N) is 2. The smallest absolute Gasteiger partial charge is 0.273 e. The zero-order valence-corrected chi connectivity index (χ0v) is 12.9. The molecule has 0 amide bonds. The van der Waals surface area contributed by atoms with E-state index in [1.165, 1.54) is 0 Å². The van der Waals surface area contributed by atoms with Crippen LogP contribution in [-0.2, 0) is 12.8 Å². The van der Waals surface area contributed by atoms with Crippen molar-refractivity contribution in [2.75, 3.05) is 0 Å². The van der Waals surface area contributed by atoms with Crippen LogP contribution in [0.2, 0.25) is 0 Å². The van der Waals surface area contributed by atoms with Gasteiger partial charge in [0.15, 0.2) is 0 Å². The van der Waals surface area contributed by atoms with E-state index in [4.69, 9.17) is 11.6 Å². The summed E-state index contributed by atoms with van der Waals surface area (Å²) >= 11 is 6.26. The van der Waals surface area contributed by atoms with Crippen LogP contribution >= 0.6 is 11.6 Å². The van der Waals surface area contributed by atoms with Gasteiger partial charge < -0.3 is 10.1 Å². The Hall–Kier alpha value is -2.60. The molecule has 23 heavy (non-hydrogen) atoms. The van der Waals surface area contributed by atoms with Gasteiger partial charge in [0.1, 0.15) is 0 Å². The molecule has 3 aromatic heterocycles. The van der Waals surface area contributed by atoms with Crippen LogP contribution in [0.4, 0.5) is 0 Å². The van der Waals surface area contributed by atoms with Crippen LogP contribution in [0.5, 0.6) is 0 Å². The third-order valence-electron chi connectivity index (χ3n) is 3.96. The first kappa shape index (κ1) is 14.0. The number of H-pyrrole nitrogens is 3. The van der Waals surface area contributed by atoms with Crippen LogP contribution in [0.15, 0.2) is 35.5 Å². The van der Waals surface area contributed by atoms with Gasteiger partial charge in [0.25, 0.3) is 5.56 Å². The fraction of sp³-hybridized carbons (Fsp3) is 0.188. The summed E-state index contributed by atoms with van der Waals surface area (Å²) in [6.07, 6.45) is 9.33. The molecule has 0 saturated carbocycles. The average Bonchev–Trinajstić information content (AvgIpc) is 3.15. The lowest BCUT2D eigenvalue weighted by molar-refractivity contribution is 0.920. The molecular weight excluding hydrogens is 314 g/mol. The van der Waals surface area contributed by atoms with E-state index in [2.05, 4.69) is 25.1 Å². The molecule has 0 spiro atoms. The van der Waals surface area contributed by atoms with Gasteiger partial charge in [0.05, 0.1) is 17.0 Å². The van der Waals surface area contributed by atoms with E-state index in [1.807, 2.05) is 12.1 Å². The molecule has 0 unspecified atom stereocenters. The van der Waals surface area contributed by atoms with E-state index >= 15 is 0 Å². The Morgan fingerprint density at radius 1 is 1.22 bits per heavy atom. The molecule has 4 rings (SSSR count). The zero-order valence-electron chi connectivity index (χ0n) is 12.2. The number of aryl methyl sites for hydroxylation is 1. The summed E-state index contributed by atoms with van der Waals surface area (Å²) in [5.74, 6) is 0. The Morgan fingerprint density at radius 2 is 2.09 bits per heavy atom. The standard InChI is InChI=1S/C16H14ClN5O/c17-12-2-1-3-13-10(12)6-9(21-13)7-14-15(19-5-4-18-14)11-8-20-22-16(11)23/h2,4-6,8,21H,1,3,7H2,(H2,20,22,23). The molecule has 0 aliphatic heterocycles. The molecular formula is C16H14ClN5O. The maximum absolute atomic E-state index is 11.8. The van der Waals surface area contributed by atoms with Gasteiger partial charge in [0.2, 0.25) is 0 Å². The third kappa shape index (κ3) is 2.51. The summed E-state index contributed by atoms with van der Waals surface area (Å²) < 4.78 is 0. The number of nitrogens with one attached hydrogen (secondary N) is 3. The molecule has 3 heterocycles. The lowest BCUT2D eigenvalue weighted by Gasteiger charge is -2.06. The summed E-state index contributed by atoms with van der Waals surface area (Å²) in [6.45, 7) is 0. The van der Waals surface area contributed by atoms with Crippen molar-refractivity contribution in [3.05, 3.63) is 63.7 Å². The minimum absolute atomic E-state index is 0.205. The van der Waals surface area contributed by atoms with Crippen LogP contribution in [-0.4, -0.2) is 25.1 Å². The Morgan fingerprint density at radius 3 is 2.87 bits per heavy atom. The number of fused-ring (bicyclic) bond motifs is 1. The Balaban J connectivity index is 1.72. The Labute approximate surface area is 136 Å². The SMILES string of the molecule is O=c1[nH][nH]cc1-c1nccnc1Cc1cc2c([nH]1)CCC=C2Cl. The van der Waals surface area contributed by atoms with Crippen LogP contribution in [0.25, 0.3) is 16.3 Å². The lowest BCUT2D eigenvalue weighted by Crippen LogP contribution is -2.06. The monoisotopic (exact) mass is 327 g/mol. The zero-order chi connectivity index (χ0) is 15.8. The van der Waals surface area contributed by atoms with E-state index in [9.17, 15) is 4.79 Å². The van der Waals surface area contributed by atoms with Crippen molar-refractivity contribution in [2.24, 2.45) is 0 Å². The van der Waals surface area contributed by atoms with Crippen molar-refractivity contribution in [3.8, 4) is 11.3 Å². The maximum atomic E-state index is 11.8. The van der Waals surface area contributed by atoms with Gasteiger partial charge in [-0.3, -0.25) is 19.9 Å². The number of hydrogen-bond donors (Lipinski definition) is 3. The summed E-state index contributed by atoms with van der Waals surface area (Å²) in [5, 5.41) is 6.01. The quantitative estimate of drug-likeness (QED) is 0.690. The molecule has 116 valence electrons. The summed E-state index contributed by atoms with van der Waals surface area (Å²) in [4.78, 5) is 24.0. The van der Waals surface area contributed by atoms with Crippen molar-refractivity contribution < 1.29 is 0 Å². The molecule has 0 radical (unpaired) electrons. The molecule has 1 aliphatic rings. The molecule has 6 nitrogen and oxygen atoms in total. The topological polar surface area (TPSA) is 90.2 Å². The molecule has 3 N–H and O–H groups in total. The van der Waals surface area contributed by atoms with Crippen molar-refractivity contribution >= 4 is 16.6 Å². The average molecular weight is 328 g/mol. The number of aromatic amines is 3. The predicted octanol–water partition coefficient (Wildman–Crippen LogP) is 2.60. The van der Waals surface area contributed by atoms with Gasteiger partial charge >= 0.3 is 0 Å². The normalized spacial score (nSPS) is 13.7. The highest BCUT2D eigenvalue weighted by molar-refractivity contribution is 6.49. The fourth-order valence-electron chi connectivity index (χ4n) is 2.90. The first-order valence-corrected chi connectivity index (χ1v) is 7.73. The van der Waals surface area contributed by atoms with Gasteiger partial charge in [-0.1, -0.05) is 17.7 Å². The minimum atomic E-state index is -0.205. The van der Waals surface area contributed by atoms with E-state index in [1.54, 1.807) is 18.6 Å². The minimum Gasteiger partial charge on any atom is -0.361 e. The first-order chi connectivity index (χ1) is 11.2. The molecule has 0 aromatic carbocycles. The largest absolute Gasteiger partial charge is 0.361 e. The summed E-state index contributed by atoms with van der Waals surface area (Å²) in [5.41, 5.74) is 4.83. The fourth-order valence-corrected chi connectivity index (χ4v) is 3.18. The molecule has 7 heteroatoms. The molecule has 3 aromatic rings. The van der Waals surface area contributed by atoms with E-state index in [0.717, 1.165) is 40.5 Å². The second kappa shape index (κ2) is 5.55. The Bertz CT molecular complexity index is 949. The molecule has 0 saturated heterocycles. The van der Waals surface area contributed by atoms with Crippen molar-refractivity contribution in [2.45, 2.75) is 19.3 Å². The van der Waals surface area contributed by atoms with E-state index in [0.29, 0.717) is 17.7 Å². The van der Waals surface area contributed by atoms with Gasteiger partial charge in [-0.2, -0.15) is 0 Å². The lowest BCUT2D eigenvalue weighted by atomic mass is 10.0. The first-order valence-electron chi connectivity index (χ1n) is 7.35. The van der Waals surface area contributed by atoms with Crippen LogP contribution in [0.1, 0.15) is 29.1 Å². The third-order valence-corrected chi connectivity index (χ3v) is 4.32. The van der Waals surface area contributed by atoms with Crippen molar-refractivity contribution in [3.63, 3.8) is 0 Å². The van der Waals surface area contributed by atoms with Crippen molar-refractivity contribution in [1.29, 1.82) is 0 Å². The molecule has 0 bridgehead atoms. The maximum Gasteiger partial charge on any atom is 0.273 e.